The maximum atomic E-state index is 5.95. The average molecular weight is 244 g/mol. The third-order valence-electron chi connectivity index (χ3n) is 2.82. The summed E-state index contributed by atoms with van der Waals surface area (Å²) in [6, 6.07) is 3.76. The van der Waals surface area contributed by atoms with Crippen LogP contribution < -0.4 is 15.2 Å². The van der Waals surface area contributed by atoms with E-state index in [-0.39, 0.29) is 18.0 Å². The zero-order chi connectivity index (χ0) is 11.1. The van der Waals surface area contributed by atoms with Gasteiger partial charge in [-0.2, -0.15) is 0 Å². The number of halogens is 1. The number of benzene rings is 1. The van der Waals surface area contributed by atoms with Crippen LogP contribution in [-0.2, 0) is 6.42 Å². The van der Waals surface area contributed by atoms with Crippen LogP contribution in [0.2, 0.25) is 0 Å². The van der Waals surface area contributed by atoms with Gasteiger partial charge in [0.15, 0.2) is 0 Å². The van der Waals surface area contributed by atoms with Gasteiger partial charge < -0.3 is 15.2 Å². The van der Waals surface area contributed by atoms with Crippen LogP contribution in [0.4, 0.5) is 5.69 Å². The third kappa shape index (κ3) is 2.35. The maximum absolute atomic E-state index is 5.95. The molecule has 90 valence electrons. The summed E-state index contributed by atoms with van der Waals surface area (Å²) < 4.78 is 11.1. The van der Waals surface area contributed by atoms with Crippen molar-refractivity contribution in [2.24, 2.45) is 0 Å². The van der Waals surface area contributed by atoms with Crippen molar-refractivity contribution in [2.45, 2.75) is 32.3 Å². The summed E-state index contributed by atoms with van der Waals surface area (Å²) in [6.07, 6.45) is 1.97. The first-order valence-corrected chi connectivity index (χ1v) is 5.17. The molecule has 0 bridgehead atoms. The highest BCUT2D eigenvalue weighted by Crippen LogP contribution is 2.38. The molecule has 3 nitrogen and oxygen atoms in total. The minimum absolute atomic E-state index is 0. The Morgan fingerprint density at radius 1 is 1.38 bits per heavy atom. The lowest BCUT2D eigenvalue weighted by atomic mass is 9.93. The zero-order valence-corrected chi connectivity index (χ0v) is 10.7. The quantitative estimate of drug-likeness (QED) is 0.772. The molecule has 0 fully saturated rings. The molecule has 1 aliphatic heterocycles. The van der Waals surface area contributed by atoms with E-state index in [1.165, 1.54) is 0 Å². The van der Waals surface area contributed by atoms with E-state index in [0.29, 0.717) is 0 Å². The Labute approximate surface area is 102 Å². The Kier molecular flexibility index (Phi) is 3.58. The van der Waals surface area contributed by atoms with E-state index in [1.807, 2.05) is 12.1 Å². The summed E-state index contributed by atoms with van der Waals surface area (Å²) in [6.45, 7) is 4.18. The largest absolute Gasteiger partial charge is 0.497 e. The van der Waals surface area contributed by atoms with Gasteiger partial charge in [0.25, 0.3) is 0 Å². The van der Waals surface area contributed by atoms with Crippen LogP contribution in [0.1, 0.15) is 25.8 Å². The van der Waals surface area contributed by atoms with Crippen molar-refractivity contribution in [3.05, 3.63) is 17.7 Å². The molecule has 1 aromatic rings. The molecule has 1 aliphatic rings. The van der Waals surface area contributed by atoms with Crippen molar-refractivity contribution in [1.29, 1.82) is 0 Å². The number of nitrogen functional groups attached to an aromatic ring is 1. The Hall–Kier alpha value is -1.09. The second kappa shape index (κ2) is 4.42. The minimum atomic E-state index is -0.105. The van der Waals surface area contributed by atoms with Crippen LogP contribution in [0, 0.1) is 0 Å². The van der Waals surface area contributed by atoms with Gasteiger partial charge in [-0.05, 0) is 26.7 Å². The summed E-state index contributed by atoms with van der Waals surface area (Å²) >= 11 is 0. The highest BCUT2D eigenvalue weighted by atomic mass is 35.5. The van der Waals surface area contributed by atoms with Crippen molar-refractivity contribution in [2.75, 3.05) is 12.8 Å². The van der Waals surface area contributed by atoms with Gasteiger partial charge in [0.05, 0.1) is 7.11 Å². The molecule has 0 saturated carbocycles. The lowest BCUT2D eigenvalue weighted by Crippen LogP contribution is -2.32. The Bertz CT molecular complexity index is 391. The predicted molar refractivity (Wildman–Crippen MR) is 67.7 cm³/mol. The molecule has 2 rings (SSSR count). The standard InChI is InChI=1S/C12H17NO2.ClH/c1-12(2)5-4-9-10(13)6-8(14-3)7-11(9)15-12;/h6-7H,4-5,13H2,1-3H3;1H. The van der Waals surface area contributed by atoms with Crippen LogP contribution >= 0.6 is 12.4 Å². The maximum Gasteiger partial charge on any atom is 0.129 e. The lowest BCUT2D eigenvalue weighted by molar-refractivity contribution is 0.0846. The number of ether oxygens (including phenoxy) is 2. The number of hydrogen-bond donors (Lipinski definition) is 1. The fourth-order valence-corrected chi connectivity index (χ4v) is 1.89. The molecular formula is C12H18ClNO2. The van der Waals surface area contributed by atoms with Gasteiger partial charge in [0.2, 0.25) is 0 Å². The van der Waals surface area contributed by atoms with Gasteiger partial charge in [-0.3, -0.25) is 0 Å². The molecule has 4 heteroatoms. The van der Waals surface area contributed by atoms with Gasteiger partial charge in [-0.1, -0.05) is 0 Å². The van der Waals surface area contributed by atoms with Crippen LogP contribution in [0.25, 0.3) is 0 Å². The first-order chi connectivity index (χ1) is 7.02. The third-order valence-corrected chi connectivity index (χ3v) is 2.82. The molecule has 0 spiro atoms. The highest BCUT2D eigenvalue weighted by Gasteiger charge is 2.28. The highest BCUT2D eigenvalue weighted by molar-refractivity contribution is 5.85. The van der Waals surface area contributed by atoms with Crippen molar-refractivity contribution < 1.29 is 9.47 Å². The summed E-state index contributed by atoms with van der Waals surface area (Å²) in [5.74, 6) is 1.62. The van der Waals surface area contributed by atoms with Crippen molar-refractivity contribution >= 4 is 18.1 Å². The van der Waals surface area contributed by atoms with Crippen LogP contribution in [0.15, 0.2) is 12.1 Å². The van der Waals surface area contributed by atoms with Crippen molar-refractivity contribution in [3.8, 4) is 11.5 Å². The fraction of sp³-hybridized carbons (Fsp3) is 0.500. The first-order valence-electron chi connectivity index (χ1n) is 5.17. The average Bonchev–Trinajstić information content (AvgIpc) is 2.15. The van der Waals surface area contributed by atoms with E-state index >= 15 is 0 Å². The molecule has 0 atom stereocenters. The number of rotatable bonds is 1. The molecule has 0 unspecified atom stereocenters. The number of anilines is 1. The van der Waals surface area contributed by atoms with E-state index in [4.69, 9.17) is 15.2 Å². The summed E-state index contributed by atoms with van der Waals surface area (Å²) in [4.78, 5) is 0. The second-order valence-corrected chi connectivity index (χ2v) is 4.56. The predicted octanol–water partition coefficient (Wildman–Crippen LogP) is 2.80. The molecule has 0 saturated heterocycles. The van der Waals surface area contributed by atoms with Gasteiger partial charge >= 0.3 is 0 Å². The molecule has 16 heavy (non-hydrogen) atoms. The Morgan fingerprint density at radius 2 is 2.06 bits per heavy atom. The van der Waals surface area contributed by atoms with Gasteiger partial charge in [-0.25, -0.2) is 0 Å². The number of methoxy groups -OCH3 is 1. The molecule has 0 aliphatic carbocycles. The molecule has 1 heterocycles. The summed E-state index contributed by atoms with van der Waals surface area (Å²) in [5, 5.41) is 0. The van der Waals surface area contributed by atoms with Crippen LogP contribution in [0.3, 0.4) is 0 Å². The normalized spacial score (nSPS) is 16.7. The van der Waals surface area contributed by atoms with E-state index in [1.54, 1.807) is 7.11 Å². The first kappa shape index (κ1) is 13.0. The van der Waals surface area contributed by atoms with E-state index in [0.717, 1.165) is 35.6 Å². The molecule has 1 aromatic carbocycles. The lowest BCUT2D eigenvalue weighted by Gasteiger charge is -2.33. The summed E-state index contributed by atoms with van der Waals surface area (Å²) in [5.41, 5.74) is 7.71. The Balaban J connectivity index is 0.00000128. The SMILES string of the molecule is COc1cc(N)c2c(c1)OC(C)(C)CC2.Cl. The molecular weight excluding hydrogens is 226 g/mol. The van der Waals surface area contributed by atoms with Gasteiger partial charge in [0, 0.05) is 23.4 Å². The van der Waals surface area contributed by atoms with Gasteiger partial charge in [-0.15, -0.1) is 12.4 Å². The second-order valence-electron chi connectivity index (χ2n) is 4.56. The summed E-state index contributed by atoms with van der Waals surface area (Å²) in [7, 11) is 1.63. The monoisotopic (exact) mass is 243 g/mol. The number of hydrogen-bond acceptors (Lipinski definition) is 3. The number of nitrogens with two attached hydrogens (primary N) is 1. The molecule has 2 N–H and O–H groups in total. The minimum Gasteiger partial charge on any atom is -0.497 e. The molecule has 0 radical (unpaired) electrons. The zero-order valence-electron chi connectivity index (χ0n) is 9.87. The van der Waals surface area contributed by atoms with E-state index in [2.05, 4.69) is 13.8 Å². The van der Waals surface area contributed by atoms with Crippen molar-refractivity contribution in [1.82, 2.24) is 0 Å². The Morgan fingerprint density at radius 3 is 2.69 bits per heavy atom. The van der Waals surface area contributed by atoms with Crippen LogP contribution in [-0.4, -0.2) is 12.7 Å². The smallest absolute Gasteiger partial charge is 0.129 e. The van der Waals surface area contributed by atoms with E-state index in [9.17, 15) is 0 Å². The number of fused-ring (bicyclic) bond motifs is 1. The van der Waals surface area contributed by atoms with E-state index < -0.39 is 0 Å². The van der Waals surface area contributed by atoms with Gasteiger partial charge in [0.1, 0.15) is 17.1 Å². The fourth-order valence-electron chi connectivity index (χ4n) is 1.89. The molecule has 0 aromatic heterocycles. The van der Waals surface area contributed by atoms with Crippen molar-refractivity contribution in [3.63, 3.8) is 0 Å². The molecule has 0 amide bonds. The topological polar surface area (TPSA) is 44.5 Å². The van der Waals surface area contributed by atoms with Crippen LogP contribution in [0.5, 0.6) is 11.5 Å².